The molecule has 0 aliphatic rings. The number of para-hydroxylation sites is 1. The summed E-state index contributed by atoms with van der Waals surface area (Å²) in [6.07, 6.45) is 4.29. The molecule has 0 aliphatic heterocycles. The highest BCUT2D eigenvalue weighted by Crippen LogP contribution is 2.19. The lowest BCUT2D eigenvalue weighted by Gasteiger charge is -1.94. The highest BCUT2D eigenvalue weighted by molar-refractivity contribution is 5.90. The van der Waals surface area contributed by atoms with Gasteiger partial charge >= 0.3 is 0 Å². The number of carbonyl (C=O) groups excluding carboxylic acids is 1. The molecule has 0 unspecified atom stereocenters. The van der Waals surface area contributed by atoms with Crippen LogP contribution in [0, 0.1) is 0 Å². The van der Waals surface area contributed by atoms with Gasteiger partial charge in [-0.1, -0.05) is 23.4 Å². The fraction of sp³-hybridized carbons (Fsp3) is 0.0714. The first-order valence-corrected chi connectivity index (χ1v) is 6.24. The van der Waals surface area contributed by atoms with Crippen molar-refractivity contribution in [2.45, 2.75) is 6.54 Å². The minimum atomic E-state index is -0.623. The van der Waals surface area contributed by atoms with Crippen LogP contribution >= 0.6 is 0 Å². The molecule has 7 heteroatoms. The van der Waals surface area contributed by atoms with E-state index in [0.717, 1.165) is 22.8 Å². The molecule has 1 amide bonds. The largest absolute Gasteiger partial charge is 0.459 e. The third kappa shape index (κ3) is 2.98. The van der Waals surface area contributed by atoms with Crippen LogP contribution in [0.25, 0.3) is 17.0 Å². The molecule has 2 aromatic heterocycles. The number of aromatic nitrogens is 3. The lowest BCUT2D eigenvalue weighted by atomic mass is 10.2. The molecule has 106 valence electrons. The first-order chi connectivity index (χ1) is 10.2. The van der Waals surface area contributed by atoms with Crippen LogP contribution in [0.1, 0.15) is 11.5 Å². The van der Waals surface area contributed by atoms with Crippen LogP contribution in [0.15, 0.2) is 47.0 Å². The van der Waals surface area contributed by atoms with E-state index in [1.807, 2.05) is 30.3 Å². The van der Waals surface area contributed by atoms with E-state index in [4.69, 9.17) is 9.62 Å². The average Bonchev–Trinajstić information content (AvgIpc) is 3.10. The zero-order valence-electron chi connectivity index (χ0n) is 10.9. The second kappa shape index (κ2) is 5.59. The van der Waals surface area contributed by atoms with E-state index in [2.05, 4.69) is 10.3 Å². The normalized spacial score (nSPS) is 11.3. The van der Waals surface area contributed by atoms with Gasteiger partial charge in [-0.25, -0.2) is 10.2 Å². The first-order valence-electron chi connectivity index (χ1n) is 6.24. The molecule has 0 radical (unpaired) electrons. The summed E-state index contributed by atoms with van der Waals surface area (Å²) in [7, 11) is 0. The molecule has 3 rings (SSSR count). The summed E-state index contributed by atoms with van der Waals surface area (Å²) in [5, 5.41) is 17.3. The Bertz CT molecular complexity index is 770. The standard InChI is InChI=1S/C14H12N4O3/c19-14(16-20)6-5-11-8-18(17-15-11)9-12-7-10-3-1-2-4-13(10)21-12/h1-8,20H,9H2,(H,16,19)/b6-5+. The van der Waals surface area contributed by atoms with Crippen molar-refractivity contribution in [2.24, 2.45) is 0 Å². The minimum absolute atomic E-state index is 0.446. The smallest absolute Gasteiger partial charge is 0.267 e. The van der Waals surface area contributed by atoms with Gasteiger partial charge < -0.3 is 4.42 Å². The SMILES string of the molecule is O=C(/C=C/c1cn(Cc2cc3ccccc3o2)nn1)NO. The highest BCUT2D eigenvalue weighted by atomic mass is 16.5. The van der Waals surface area contributed by atoms with Crippen molar-refractivity contribution in [2.75, 3.05) is 0 Å². The monoisotopic (exact) mass is 284 g/mol. The van der Waals surface area contributed by atoms with E-state index in [9.17, 15) is 4.79 Å². The third-order valence-electron chi connectivity index (χ3n) is 2.87. The predicted octanol–water partition coefficient (Wildman–Crippen LogP) is 1.59. The van der Waals surface area contributed by atoms with Crippen LogP contribution in [0.3, 0.4) is 0 Å². The minimum Gasteiger partial charge on any atom is -0.459 e. The van der Waals surface area contributed by atoms with Crippen LogP contribution < -0.4 is 5.48 Å². The molecule has 0 bridgehead atoms. The maximum Gasteiger partial charge on any atom is 0.267 e. The number of rotatable bonds is 4. The van der Waals surface area contributed by atoms with Gasteiger partial charge in [0.05, 0.1) is 6.20 Å². The van der Waals surface area contributed by atoms with E-state index in [-0.39, 0.29) is 0 Å². The van der Waals surface area contributed by atoms with Crippen molar-refractivity contribution in [1.82, 2.24) is 20.5 Å². The Labute approximate surface area is 119 Å². The van der Waals surface area contributed by atoms with Gasteiger partial charge in [-0.05, 0) is 18.2 Å². The third-order valence-corrected chi connectivity index (χ3v) is 2.87. The molecule has 1 aromatic carbocycles. The van der Waals surface area contributed by atoms with Crippen LogP contribution in [-0.4, -0.2) is 26.1 Å². The summed E-state index contributed by atoms with van der Waals surface area (Å²) in [6.45, 7) is 0.446. The molecule has 3 aromatic rings. The molecular formula is C14H12N4O3. The van der Waals surface area contributed by atoms with E-state index < -0.39 is 5.91 Å². The molecule has 0 saturated heterocycles. The van der Waals surface area contributed by atoms with E-state index in [0.29, 0.717) is 12.2 Å². The zero-order valence-corrected chi connectivity index (χ0v) is 10.9. The van der Waals surface area contributed by atoms with Gasteiger partial charge in [0.2, 0.25) is 0 Å². The average molecular weight is 284 g/mol. The number of hydrogen-bond donors (Lipinski definition) is 2. The zero-order chi connectivity index (χ0) is 14.7. The first kappa shape index (κ1) is 13.1. The number of furan rings is 1. The second-order valence-electron chi connectivity index (χ2n) is 4.40. The molecule has 7 nitrogen and oxygen atoms in total. The molecule has 2 heterocycles. The number of carbonyl (C=O) groups is 1. The van der Waals surface area contributed by atoms with Gasteiger partial charge in [0.25, 0.3) is 5.91 Å². The van der Waals surface area contributed by atoms with Gasteiger partial charge in [-0.3, -0.25) is 10.0 Å². The fourth-order valence-electron chi connectivity index (χ4n) is 1.94. The van der Waals surface area contributed by atoms with Gasteiger partial charge in [0.1, 0.15) is 23.6 Å². The summed E-state index contributed by atoms with van der Waals surface area (Å²) in [6, 6.07) is 9.70. The van der Waals surface area contributed by atoms with Crippen molar-refractivity contribution in [3.8, 4) is 0 Å². The molecule has 0 aliphatic carbocycles. The summed E-state index contributed by atoms with van der Waals surface area (Å²) in [5.74, 6) is 0.145. The Morgan fingerprint density at radius 2 is 2.29 bits per heavy atom. The number of hydrogen-bond acceptors (Lipinski definition) is 5. The van der Waals surface area contributed by atoms with Crippen LogP contribution in [0.5, 0.6) is 0 Å². The topological polar surface area (TPSA) is 93.2 Å². The number of amides is 1. The molecular weight excluding hydrogens is 272 g/mol. The number of nitrogens with zero attached hydrogens (tertiary/aromatic N) is 3. The summed E-state index contributed by atoms with van der Waals surface area (Å²) in [5.41, 5.74) is 2.84. The van der Waals surface area contributed by atoms with Gasteiger partial charge in [-0.15, -0.1) is 5.10 Å². The van der Waals surface area contributed by atoms with Crippen LogP contribution in [-0.2, 0) is 11.3 Å². The van der Waals surface area contributed by atoms with Crippen molar-refractivity contribution >= 4 is 23.0 Å². The Hall–Kier alpha value is -2.93. The van der Waals surface area contributed by atoms with E-state index in [1.165, 1.54) is 11.6 Å². The summed E-state index contributed by atoms with van der Waals surface area (Å²) < 4.78 is 7.30. The number of benzene rings is 1. The van der Waals surface area contributed by atoms with E-state index in [1.54, 1.807) is 10.9 Å². The fourth-order valence-corrected chi connectivity index (χ4v) is 1.94. The molecule has 0 spiro atoms. The predicted molar refractivity (Wildman–Crippen MR) is 74.3 cm³/mol. The van der Waals surface area contributed by atoms with Crippen molar-refractivity contribution in [1.29, 1.82) is 0 Å². The Kier molecular flexibility index (Phi) is 3.48. The molecule has 2 N–H and O–H groups in total. The second-order valence-corrected chi connectivity index (χ2v) is 4.40. The van der Waals surface area contributed by atoms with Crippen molar-refractivity contribution in [3.05, 3.63) is 54.1 Å². The number of nitrogens with one attached hydrogen (secondary N) is 1. The van der Waals surface area contributed by atoms with Crippen LogP contribution in [0.4, 0.5) is 0 Å². The number of fused-ring (bicyclic) bond motifs is 1. The van der Waals surface area contributed by atoms with Gasteiger partial charge in [0.15, 0.2) is 0 Å². The van der Waals surface area contributed by atoms with Gasteiger partial charge in [-0.2, -0.15) is 0 Å². The summed E-state index contributed by atoms with van der Waals surface area (Å²) in [4.78, 5) is 10.9. The quantitative estimate of drug-likeness (QED) is 0.431. The van der Waals surface area contributed by atoms with Gasteiger partial charge in [0, 0.05) is 11.5 Å². The number of hydroxylamine groups is 1. The molecule has 0 fully saturated rings. The molecule has 0 saturated carbocycles. The molecule has 0 atom stereocenters. The van der Waals surface area contributed by atoms with Crippen LogP contribution in [0.2, 0.25) is 0 Å². The maximum absolute atomic E-state index is 10.9. The Morgan fingerprint density at radius 3 is 3.10 bits per heavy atom. The van der Waals surface area contributed by atoms with Crippen molar-refractivity contribution < 1.29 is 14.4 Å². The maximum atomic E-state index is 10.9. The van der Waals surface area contributed by atoms with Crippen molar-refractivity contribution in [3.63, 3.8) is 0 Å². The van der Waals surface area contributed by atoms with E-state index >= 15 is 0 Å². The lowest BCUT2D eigenvalue weighted by molar-refractivity contribution is -0.124. The highest BCUT2D eigenvalue weighted by Gasteiger charge is 2.05. The summed E-state index contributed by atoms with van der Waals surface area (Å²) >= 11 is 0. The lowest BCUT2D eigenvalue weighted by Crippen LogP contribution is -2.14. The molecule has 21 heavy (non-hydrogen) atoms. The Balaban J connectivity index is 1.74. The Morgan fingerprint density at radius 1 is 1.43 bits per heavy atom.